The number of carbonyl (C=O) groups excluding carboxylic acids is 1. The van der Waals surface area contributed by atoms with Crippen LogP contribution in [-0.4, -0.2) is 6.08 Å². The smallest absolute Gasteiger partial charge is 0.235 e. The Hall–Kier alpha value is -1.18. The van der Waals surface area contributed by atoms with E-state index in [0.717, 1.165) is 24.8 Å². The summed E-state index contributed by atoms with van der Waals surface area (Å²) < 4.78 is 13.7. The molecule has 0 aromatic heterocycles. The number of benzene rings is 1. The van der Waals surface area contributed by atoms with Crippen molar-refractivity contribution in [1.82, 2.24) is 0 Å². The van der Waals surface area contributed by atoms with Crippen LogP contribution in [0.1, 0.15) is 43.5 Å². The summed E-state index contributed by atoms with van der Waals surface area (Å²) in [5.74, 6) is 0. The minimum atomic E-state index is -1.17. The summed E-state index contributed by atoms with van der Waals surface area (Å²) >= 11 is 6.03. The zero-order valence-electron chi connectivity index (χ0n) is 9.54. The van der Waals surface area contributed by atoms with E-state index in [1.807, 2.05) is 0 Å². The molecule has 1 atom stereocenters. The third-order valence-corrected chi connectivity index (χ3v) is 3.72. The van der Waals surface area contributed by atoms with E-state index in [0.29, 0.717) is 10.6 Å². The van der Waals surface area contributed by atoms with Gasteiger partial charge in [-0.1, -0.05) is 23.7 Å². The SMILES string of the molecule is CC(F)c1c(Cl)cccc1C1(N=C=O)CCC1. The van der Waals surface area contributed by atoms with Crippen LogP contribution in [0.25, 0.3) is 0 Å². The maximum atomic E-state index is 13.7. The fourth-order valence-electron chi connectivity index (χ4n) is 2.39. The number of hydrogen-bond donors (Lipinski definition) is 0. The first-order valence-corrected chi connectivity index (χ1v) is 6.00. The maximum absolute atomic E-state index is 13.7. The Bertz CT molecular complexity index is 476. The molecule has 1 aromatic carbocycles. The second-order valence-electron chi connectivity index (χ2n) is 4.41. The highest BCUT2D eigenvalue weighted by Crippen LogP contribution is 2.48. The second kappa shape index (κ2) is 4.59. The van der Waals surface area contributed by atoms with Crippen molar-refractivity contribution in [3.05, 3.63) is 34.3 Å². The maximum Gasteiger partial charge on any atom is 0.235 e. The molecule has 0 heterocycles. The van der Waals surface area contributed by atoms with Crippen LogP contribution in [0.3, 0.4) is 0 Å². The van der Waals surface area contributed by atoms with Crippen molar-refractivity contribution in [2.45, 2.75) is 37.9 Å². The van der Waals surface area contributed by atoms with Gasteiger partial charge in [0.25, 0.3) is 0 Å². The number of hydrogen-bond acceptors (Lipinski definition) is 2. The van der Waals surface area contributed by atoms with Gasteiger partial charge in [-0.25, -0.2) is 9.18 Å². The molecule has 1 fully saturated rings. The molecule has 1 unspecified atom stereocenters. The van der Waals surface area contributed by atoms with E-state index in [1.165, 1.54) is 6.92 Å². The van der Waals surface area contributed by atoms with Crippen molar-refractivity contribution in [1.29, 1.82) is 0 Å². The molecule has 1 saturated carbocycles. The van der Waals surface area contributed by atoms with E-state index in [2.05, 4.69) is 4.99 Å². The number of alkyl halides is 1. The lowest BCUT2D eigenvalue weighted by atomic mass is 9.70. The predicted molar refractivity (Wildman–Crippen MR) is 64.6 cm³/mol. The Morgan fingerprint density at radius 2 is 2.24 bits per heavy atom. The molecule has 2 rings (SSSR count). The molecule has 0 spiro atoms. The first kappa shape index (κ1) is 12.3. The number of rotatable bonds is 3. The molecule has 2 nitrogen and oxygen atoms in total. The normalized spacial score (nSPS) is 19.0. The molecule has 0 radical (unpaired) electrons. The van der Waals surface area contributed by atoms with Gasteiger partial charge in [-0.05, 0) is 37.8 Å². The van der Waals surface area contributed by atoms with Gasteiger partial charge in [0, 0.05) is 10.6 Å². The summed E-state index contributed by atoms with van der Waals surface area (Å²) in [4.78, 5) is 14.4. The van der Waals surface area contributed by atoms with E-state index in [9.17, 15) is 9.18 Å². The molecule has 90 valence electrons. The Labute approximate surface area is 105 Å². The van der Waals surface area contributed by atoms with Gasteiger partial charge in [-0.15, -0.1) is 0 Å². The van der Waals surface area contributed by atoms with E-state index in [1.54, 1.807) is 24.3 Å². The van der Waals surface area contributed by atoms with Gasteiger partial charge in [0.1, 0.15) is 6.17 Å². The highest BCUT2D eigenvalue weighted by Gasteiger charge is 2.41. The second-order valence-corrected chi connectivity index (χ2v) is 4.81. The number of isocyanates is 1. The lowest BCUT2D eigenvalue weighted by molar-refractivity contribution is 0.248. The Balaban J connectivity index is 2.58. The fourth-order valence-corrected chi connectivity index (χ4v) is 2.71. The monoisotopic (exact) mass is 253 g/mol. The Morgan fingerprint density at radius 1 is 1.53 bits per heavy atom. The fraction of sp³-hybridized carbons (Fsp3) is 0.462. The largest absolute Gasteiger partial charge is 0.243 e. The number of halogens is 2. The molecule has 0 N–H and O–H groups in total. The molecule has 0 bridgehead atoms. The third kappa shape index (κ3) is 2.01. The molecule has 4 heteroatoms. The van der Waals surface area contributed by atoms with Gasteiger partial charge in [-0.2, -0.15) is 4.99 Å². The van der Waals surface area contributed by atoms with Gasteiger partial charge in [0.05, 0.1) is 5.54 Å². The summed E-state index contributed by atoms with van der Waals surface area (Å²) in [6, 6.07) is 5.23. The van der Waals surface area contributed by atoms with Crippen LogP contribution < -0.4 is 0 Å². The number of nitrogens with zero attached hydrogens (tertiary/aromatic N) is 1. The lowest BCUT2D eigenvalue weighted by Crippen LogP contribution is -2.33. The van der Waals surface area contributed by atoms with Crippen LogP contribution in [0.2, 0.25) is 5.02 Å². The molecule has 0 saturated heterocycles. The Kier molecular flexibility index (Phi) is 3.32. The highest BCUT2D eigenvalue weighted by atomic mass is 35.5. The summed E-state index contributed by atoms with van der Waals surface area (Å²) in [7, 11) is 0. The first-order chi connectivity index (χ1) is 8.10. The molecule has 17 heavy (non-hydrogen) atoms. The summed E-state index contributed by atoms with van der Waals surface area (Å²) in [5.41, 5.74) is 0.588. The topological polar surface area (TPSA) is 29.4 Å². The Morgan fingerprint density at radius 3 is 2.71 bits per heavy atom. The van der Waals surface area contributed by atoms with E-state index < -0.39 is 11.7 Å². The highest BCUT2D eigenvalue weighted by molar-refractivity contribution is 6.31. The van der Waals surface area contributed by atoms with Crippen molar-refractivity contribution in [2.24, 2.45) is 4.99 Å². The average Bonchev–Trinajstić information content (AvgIpc) is 2.22. The van der Waals surface area contributed by atoms with Crippen molar-refractivity contribution in [3.63, 3.8) is 0 Å². The van der Waals surface area contributed by atoms with Crippen molar-refractivity contribution < 1.29 is 9.18 Å². The average molecular weight is 254 g/mol. The van der Waals surface area contributed by atoms with Crippen LogP contribution in [-0.2, 0) is 10.3 Å². The lowest BCUT2D eigenvalue weighted by Gasteiger charge is -2.38. The first-order valence-electron chi connectivity index (χ1n) is 5.63. The summed E-state index contributed by atoms with van der Waals surface area (Å²) in [6.45, 7) is 1.45. The van der Waals surface area contributed by atoms with Crippen molar-refractivity contribution in [2.75, 3.05) is 0 Å². The van der Waals surface area contributed by atoms with Crippen molar-refractivity contribution in [3.8, 4) is 0 Å². The van der Waals surface area contributed by atoms with Crippen LogP contribution in [0.15, 0.2) is 23.2 Å². The van der Waals surface area contributed by atoms with Crippen LogP contribution in [0, 0.1) is 0 Å². The molecule has 0 aliphatic heterocycles. The van der Waals surface area contributed by atoms with Gasteiger partial charge in [-0.3, -0.25) is 0 Å². The predicted octanol–water partition coefficient (Wildman–Crippen LogP) is 4.09. The standard InChI is InChI=1S/C13H13ClFNO/c1-9(15)12-10(4-2-5-11(12)14)13(16-8-17)6-3-7-13/h2,4-5,9H,3,6-7H2,1H3. The van der Waals surface area contributed by atoms with Gasteiger partial charge in [0.2, 0.25) is 6.08 Å². The molecule has 0 amide bonds. The number of aliphatic imine (C=N–C) groups is 1. The minimum absolute atomic E-state index is 0.393. The third-order valence-electron chi connectivity index (χ3n) is 3.39. The van der Waals surface area contributed by atoms with Crippen LogP contribution in [0.4, 0.5) is 4.39 Å². The van der Waals surface area contributed by atoms with Crippen LogP contribution in [0.5, 0.6) is 0 Å². The molecular formula is C13H13ClFNO. The summed E-state index contributed by atoms with van der Waals surface area (Å²) in [6.07, 6.45) is 2.92. The van der Waals surface area contributed by atoms with Crippen LogP contribution >= 0.6 is 11.6 Å². The van der Waals surface area contributed by atoms with E-state index >= 15 is 0 Å². The van der Waals surface area contributed by atoms with Gasteiger partial charge >= 0.3 is 0 Å². The quantitative estimate of drug-likeness (QED) is 0.589. The molecule has 1 aromatic rings. The molecular weight excluding hydrogens is 241 g/mol. The van der Waals surface area contributed by atoms with Crippen molar-refractivity contribution >= 4 is 17.7 Å². The summed E-state index contributed by atoms with van der Waals surface area (Å²) in [5, 5.41) is 0.393. The zero-order valence-corrected chi connectivity index (χ0v) is 10.3. The van der Waals surface area contributed by atoms with Gasteiger partial charge in [0.15, 0.2) is 0 Å². The minimum Gasteiger partial charge on any atom is -0.243 e. The van der Waals surface area contributed by atoms with Gasteiger partial charge < -0.3 is 0 Å². The molecule has 1 aliphatic rings. The van der Waals surface area contributed by atoms with E-state index in [-0.39, 0.29) is 0 Å². The molecule has 1 aliphatic carbocycles. The zero-order chi connectivity index (χ0) is 12.5. The van der Waals surface area contributed by atoms with E-state index in [4.69, 9.17) is 11.6 Å².